The molecule has 1 amide bonds. The molecule has 0 aliphatic rings. The Labute approximate surface area is 132 Å². The van der Waals surface area contributed by atoms with Crippen molar-refractivity contribution in [1.29, 1.82) is 0 Å². The molecule has 1 aromatic heterocycles. The van der Waals surface area contributed by atoms with Gasteiger partial charge in [0.05, 0.1) is 0 Å². The molecular weight excluding hydrogens is 308 g/mol. The number of hydrogen-bond acceptors (Lipinski definition) is 4. The highest BCUT2D eigenvalue weighted by atomic mass is 35.5. The minimum atomic E-state index is -0.0335. The largest absolute Gasteiger partial charge is 0.294 e. The second kappa shape index (κ2) is 7.33. The van der Waals surface area contributed by atoms with E-state index < -0.39 is 0 Å². The van der Waals surface area contributed by atoms with E-state index in [1.165, 1.54) is 16.2 Å². The number of benzene rings is 1. The SMILES string of the molecule is CN(C(=O)CCCC(=O)c1ccc(Cl)cc1)c1nccs1. The summed E-state index contributed by atoms with van der Waals surface area (Å²) in [5, 5.41) is 3.10. The Kier molecular flexibility index (Phi) is 5.47. The Morgan fingerprint density at radius 1 is 1.24 bits per heavy atom. The van der Waals surface area contributed by atoms with E-state index in [9.17, 15) is 9.59 Å². The van der Waals surface area contributed by atoms with Gasteiger partial charge in [-0.25, -0.2) is 4.98 Å². The first-order valence-corrected chi connectivity index (χ1v) is 7.78. The minimum absolute atomic E-state index is 0.0244. The van der Waals surface area contributed by atoms with Crippen LogP contribution >= 0.6 is 22.9 Å². The van der Waals surface area contributed by atoms with Gasteiger partial charge in [-0.15, -0.1) is 11.3 Å². The fraction of sp³-hybridized carbons (Fsp3) is 0.267. The van der Waals surface area contributed by atoms with Crippen molar-refractivity contribution in [2.24, 2.45) is 0 Å². The van der Waals surface area contributed by atoms with Gasteiger partial charge in [-0.2, -0.15) is 0 Å². The second-order valence-corrected chi connectivity index (χ2v) is 5.86. The van der Waals surface area contributed by atoms with Gasteiger partial charge in [0, 0.05) is 42.1 Å². The molecule has 0 atom stereocenters. The Morgan fingerprint density at radius 2 is 1.95 bits per heavy atom. The van der Waals surface area contributed by atoms with E-state index in [4.69, 9.17) is 11.6 Å². The zero-order valence-electron chi connectivity index (χ0n) is 11.6. The summed E-state index contributed by atoms with van der Waals surface area (Å²) in [6.07, 6.45) is 2.86. The molecule has 21 heavy (non-hydrogen) atoms. The van der Waals surface area contributed by atoms with Crippen molar-refractivity contribution in [2.45, 2.75) is 19.3 Å². The molecule has 0 aliphatic heterocycles. The lowest BCUT2D eigenvalue weighted by atomic mass is 10.1. The highest BCUT2D eigenvalue weighted by Gasteiger charge is 2.13. The normalized spacial score (nSPS) is 10.4. The molecule has 0 saturated heterocycles. The van der Waals surface area contributed by atoms with E-state index >= 15 is 0 Å². The van der Waals surface area contributed by atoms with Crippen LogP contribution in [0.1, 0.15) is 29.6 Å². The van der Waals surface area contributed by atoms with Gasteiger partial charge in [0.2, 0.25) is 5.91 Å². The van der Waals surface area contributed by atoms with Gasteiger partial charge in [0.15, 0.2) is 10.9 Å². The van der Waals surface area contributed by atoms with E-state index in [0.29, 0.717) is 35.0 Å². The number of rotatable bonds is 6. The monoisotopic (exact) mass is 322 g/mol. The molecule has 1 aromatic carbocycles. The topological polar surface area (TPSA) is 50.3 Å². The van der Waals surface area contributed by atoms with Gasteiger partial charge in [-0.3, -0.25) is 14.5 Å². The number of halogens is 1. The molecule has 2 aromatic rings. The third kappa shape index (κ3) is 4.37. The number of carbonyl (C=O) groups is 2. The number of Topliss-reactive ketones (excluding diaryl/α,β-unsaturated/α-hetero) is 1. The lowest BCUT2D eigenvalue weighted by molar-refractivity contribution is -0.118. The molecule has 0 N–H and O–H groups in total. The number of hydrogen-bond donors (Lipinski definition) is 0. The maximum absolute atomic E-state index is 12.0. The Bertz CT molecular complexity index is 611. The third-order valence-electron chi connectivity index (χ3n) is 3.04. The number of carbonyl (C=O) groups excluding carboxylic acids is 2. The first kappa shape index (κ1) is 15.7. The van der Waals surface area contributed by atoms with Crippen molar-refractivity contribution in [3.63, 3.8) is 0 Å². The van der Waals surface area contributed by atoms with Crippen molar-refractivity contribution in [1.82, 2.24) is 4.98 Å². The Hall–Kier alpha value is -1.72. The average molecular weight is 323 g/mol. The third-order valence-corrected chi connectivity index (χ3v) is 4.14. The van der Waals surface area contributed by atoms with Crippen LogP contribution in [0.3, 0.4) is 0 Å². The number of ketones is 1. The van der Waals surface area contributed by atoms with Crippen molar-refractivity contribution in [3.8, 4) is 0 Å². The predicted octanol–water partition coefficient (Wildman–Crippen LogP) is 3.81. The zero-order valence-corrected chi connectivity index (χ0v) is 13.2. The molecule has 0 bridgehead atoms. The van der Waals surface area contributed by atoms with Crippen LogP contribution in [0.2, 0.25) is 5.02 Å². The molecule has 2 rings (SSSR count). The molecule has 1 heterocycles. The lowest BCUT2D eigenvalue weighted by Crippen LogP contribution is -2.25. The lowest BCUT2D eigenvalue weighted by Gasteiger charge is -2.13. The van der Waals surface area contributed by atoms with Gasteiger partial charge in [-0.1, -0.05) is 11.6 Å². The number of amides is 1. The van der Waals surface area contributed by atoms with Crippen LogP contribution in [0.25, 0.3) is 0 Å². The summed E-state index contributed by atoms with van der Waals surface area (Å²) in [5.41, 5.74) is 0.625. The molecular formula is C15H15ClN2O2S. The van der Waals surface area contributed by atoms with Gasteiger partial charge < -0.3 is 0 Å². The smallest absolute Gasteiger partial charge is 0.228 e. The van der Waals surface area contributed by atoms with E-state index in [1.807, 2.05) is 5.38 Å². The van der Waals surface area contributed by atoms with E-state index in [1.54, 1.807) is 37.5 Å². The van der Waals surface area contributed by atoms with Crippen LogP contribution in [0.5, 0.6) is 0 Å². The maximum Gasteiger partial charge on any atom is 0.228 e. The molecule has 4 nitrogen and oxygen atoms in total. The first-order valence-electron chi connectivity index (χ1n) is 6.53. The van der Waals surface area contributed by atoms with E-state index in [0.717, 1.165) is 0 Å². The van der Waals surface area contributed by atoms with Crippen molar-refractivity contribution in [2.75, 3.05) is 11.9 Å². The molecule has 0 fully saturated rings. The zero-order chi connectivity index (χ0) is 15.2. The molecule has 110 valence electrons. The van der Waals surface area contributed by atoms with Crippen LogP contribution < -0.4 is 4.90 Å². The van der Waals surface area contributed by atoms with Crippen LogP contribution in [0.4, 0.5) is 5.13 Å². The van der Waals surface area contributed by atoms with Crippen molar-refractivity contribution < 1.29 is 9.59 Å². The molecule has 6 heteroatoms. The summed E-state index contributed by atoms with van der Waals surface area (Å²) in [7, 11) is 1.70. The standard InChI is InChI=1S/C15H15ClN2O2S/c1-18(15-17-9-10-21-15)14(20)4-2-3-13(19)11-5-7-12(16)8-6-11/h5-10H,2-4H2,1H3. The predicted molar refractivity (Wildman–Crippen MR) is 85.2 cm³/mol. The van der Waals surface area contributed by atoms with Gasteiger partial charge in [-0.05, 0) is 30.7 Å². The molecule has 0 aliphatic carbocycles. The van der Waals surface area contributed by atoms with Crippen LogP contribution in [-0.4, -0.2) is 23.7 Å². The number of anilines is 1. The Morgan fingerprint density at radius 3 is 2.57 bits per heavy atom. The summed E-state index contributed by atoms with van der Waals surface area (Å²) in [5.74, 6) is -0.00905. The van der Waals surface area contributed by atoms with Gasteiger partial charge in [0.25, 0.3) is 0 Å². The summed E-state index contributed by atoms with van der Waals surface area (Å²) < 4.78 is 0. The average Bonchev–Trinajstić information content (AvgIpc) is 3.01. The van der Waals surface area contributed by atoms with Crippen LogP contribution in [0, 0.1) is 0 Å². The minimum Gasteiger partial charge on any atom is -0.294 e. The van der Waals surface area contributed by atoms with Crippen molar-refractivity contribution >= 4 is 39.8 Å². The summed E-state index contributed by atoms with van der Waals surface area (Å²) in [4.78, 5) is 29.5. The molecule has 0 saturated carbocycles. The summed E-state index contributed by atoms with van der Waals surface area (Å²) in [6, 6.07) is 6.79. The van der Waals surface area contributed by atoms with E-state index in [2.05, 4.69) is 4.98 Å². The Balaban J connectivity index is 1.80. The molecule has 0 unspecified atom stereocenters. The molecule has 0 spiro atoms. The van der Waals surface area contributed by atoms with Crippen molar-refractivity contribution in [3.05, 3.63) is 46.4 Å². The quantitative estimate of drug-likeness (QED) is 0.760. The maximum atomic E-state index is 12.0. The summed E-state index contributed by atoms with van der Waals surface area (Å²) >= 11 is 7.19. The highest BCUT2D eigenvalue weighted by molar-refractivity contribution is 7.13. The number of thiazole rings is 1. The summed E-state index contributed by atoms with van der Waals surface area (Å²) in [6.45, 7) is 0. The van der Waals surface area contributed by atoms with Crippen LogP contribution in [-0.2, 0) is 4.79 Å². The number of aromatic nitrogens is 1. The second-order valence-electron chi connectivity index (χ2n) is 4.55. The van der Waals surface area contributed by atoms with Gasteiger partial charge >= 0.3 is 0 Å². The van der Waals surface area contributed by atoms with Crippen LogP contribution in [0.15, 0.2) is 35.8 Å². The molecule has 0 radical (unpaired) electrons. The van der Waals surface area contributed by atoms with E-state index in [-0.39, 0.29) is 11.7 Å². The van der Waals surface area contributed by atoms with Gasteiger partial charge in [0.1, 0.15) is 0 Å². The number of nitrogens with zero attached hydrogens (tertiary/aromatic N) is 2. The fourth-order valence-corrected chi connectivity index (χ4v) is 2.59. The highest BCUT2D eigenvalue weighted by Crippen LogP contribution is 2.17. The fourth-order valence-electron chi connectivity index (χ4n) is 1.84. The first-order chi connectivity index (χ1) is 10.1.